The van der Waals surface area contributed by atoms with E-state index < -0.39 is 18.4 Å². The number of hydrogen-bond donors (Lipinski definition) is 2. The molecule has 4 amide bonds. The summed E-state index contributed by atoms with van der Waals surface area (Å²) in [4.78, 5) is 66.7. The lowest BCUT2D eigenvalue weighted by molar-refractivity contribution is -0.137. The molecule has 0 spiro atoms. The Balaban J connectivity index is 0.000000192. The molecule has 3 aromatic carbocycles. The summed E-state index contributed by atoms with van der Waals surface area (Å²) in [7, 11) is 3.53. The van der Waals surface area contributed by atoms with Gasteiger partial charge in [-0.25, -0.2) is 13.6 Å². The standard InChI is InChI=1S/C27H28F2N4O2.C18H17N3O4/c1-15(2)19-10-18(11-23-25(19)32(5)27(34)31(23)4)33-8-9-35-24-13-20(17-7-6-16(3)30-14-17)21(26(28)29)12-22(24)33;22-11-19-9-2-1-4-12-5-3-6-13-14(12)10-21(18(13)25)15-7-8-16(23)20-17(15)24/h6-7,10-15,26H,8-9H2,1-5H3;3,5-6,11,15H,2,7-10H2,(H,19,22)(H,20,23,24). The molecule has 0 bridgehead atoms. The number of hydrogen-bond acceptors (Lipinski definition) is 8. The third-order valence-electron chi connectivity index (χ3n) is 11.0. The first-order valence-electron chi connectivity index (χ1n) is 19.7. The Morgan fingerprint density at radius 1 is 1.02 bits per heavy atom. The van der Waals surface area contributed by atoms with E-state index in [1.807, 2.05) is 30.0 Å². The number of aryl methyl sites for hydroxylation is 3. The summed E-state index contributed by atoms with van der Waals surface area (Å²) >= 11 is 0. The molecule has 15 heteroatoms. The van der Waals surface area contributed by atoms with E-state index in [-0.39, 0.29) is 35.4 Å². The van der Waals surface area contributed by atoms with Crippen molar-refractivity contribution in [1.82, 2.24) is 29.7 Å². The second kappa shape index (κ2) is 17.2. The summed E-state index contributed by atoms with van der Waals surface area (Å²) in [6.45, 7) is 7.71. The van der Waals surface area contributed by atoms with E-state index >= 15 is 0 Å². The number of amides is 4. The summed E-state index contributed by atoms with van der Waals surface area (Å²) in [5.41, 5.74) is 7.93. The number of carbonyl (C=O) groups is 4. The quantitative estimate of drug-likeness (QED) is 0.0869. The maximum Gasteiger partial charge on any atom is 0.328 e. The van der Waals surface area contributed by atoms with Gasteiger partial charge in [-0.1, -0.05) is 37.8 Å². The van der Waals surface area contributed by atoms with Gasteiger partial charge in [0.05, 0.1) is 23.3 Å². The molecule has 0 saturated carbocycles. The first kappa shape index (κ1) is 41.3. The van der Waals surface area contributed by atoms with Crippen LogP contribution in [-0.4, -0.2) is 68.9 Å². The number of ether oxygens (including phenoxy) is 1. The predicted octanol–water partition coefficient (Wildman–Crippen LogP) is 5.77. The first-order valence-corrected chi connectivity index (χ1v) is 19.7. The average molecular weight is 818 g/mol. The molecule has 60 heavy (non-hydrogen) atoms. The Labute approximate surface area is 345 Å². The highest BCUT2D eigenvalue weighted by Gasteiger charge is 2.39. The van der Waals surface area contributed by atoms with Gasteiger partial charge in [0.2, 0.25) is 18.2 Å². The number of anilines is 2. The summed E-state index contributed by atoms with van der Waals surface area (Å²) in [5.74, 6) is 5.76. The van der Waals surface area contributed by atoms with Crippen molar-refractivity contribution in [3.63, 3.8) is 0 Å². The molecule has 0 aliphatic carbocycles. The van der Waals surface area contributed by atoms with Crippen molar-refractivity contribution in [2.75, 3.05) is 24.6 Å². The van der Waals surface area contributed by atoms with Crippen LogP contribution in [0.4, 0.5) is 20.2 Å². The number of imide groups is 1. The van der Waals surface area contributed by atoms with Gasteiger partial charge >= 0.3 is 5.69 Å². The molecule has 1 fully saturated rings. The van der Waals surface area contributed by atoms with Gasteiger partial charge in [-0.2, -0.15) is 0 Å². The molecular formula is C45H45F2N7O6. The molecule has 2 N–H and O–H groups in total. The van der Waals surface area contributed by atoms with Crippen LogP contribution in [0.25, 0.3) is 22.2 Å². The molecule has 5 heterocycles. The minimum atomic E-state index is -2.66. The fourth-order valence-electron chi connectivity index (χ4n) is 7.92. The number of halogens is 2. The zero-order chi connectivity index (χ0) is 42.8. The number of carbonyl (C=O) groups excluding carboxylic acids is 4. The number of fused-ring (bicyclic) bond motifs is 3. The summed E-state index contributed by atoms with van der Waals surface area (Å²) < 4.78 is 37.7. The van der Waals surface area contributed by atoms with Crippen molar-refractivity contribution in [3.8, 4) is 28.7 Å². The number of rotatable bonds is 8. The van der Waals surface area contributed by atoms with E-state index in [1.165, 1.54) is 11.0 Å². The average Bonchev–Trinajstić information content (AvgIpc) is 3.68. The van der Waals surface area contributed by atoms with Gasteiger partial charge in [0.25, 0.3) is 12.3 Å². The summed E-state index contributed by atoms with van der Waals surface area (Å²) in [6.07, 6.45) is 0.646. The van der Waals surface area contributed by atoms with E-state index in [2.05, 4.69) is 47.4 Å². The summed E-state index contributed by atoms with van der Waals surface area (Å²) in [6, 6.07) is 15.5. The van der Waals surface area contributed by atoms with Crippen molar-refractivity contribution in [2.45, 2.75) is 65.0 Å². The normalized spacial score (nSPS) is 15.8. The highest BCUT2D eigenvalue weighted by Crippen LogP contribution is 2.45. The van der Waals surface area contributed by atoms with E-state index in [9.17, 15) is 32.8 Å². The topological polar surface area (TPSA) is 148 Å². The first-order chi connectivity index (χ1) is 28.8. The van der Waals surface area contributed by atoms with Gasteiger partial charge < -0.3 is 19.9 Å². The van der Waals surface area contributed by atoms with Crippen LogP contribution >= 0.6 is 0 Å². The van der Waals surface area contributed by atoms with Crippen LogP contribution in [0.2, 0.25) is 0 Å². The minimum Gasteiger partial charge on any atom is -0.490 e. The van der Waals surface area contributed by atoms with Crippen LogP contribution in [0.3, 0.4) is 0 Å². The van der Waals surface area contributed by atoms with Crippen LogP contribution in [0.5, 0.6) is 5.75 Å². The summed E-state index contributed by atoms with van der Waals surface area (Å²) in [5, 5.41) is 4.82. The molecule has 1 atom stereocenters. The number of alkyl halides is 2. The fraction of sp³-hybridized carbons (Fsp3) is 0.333. The lowest BCUT2D eigenvalue weighted by Crippen LogP contribution is -2.52. The number of piperidine rings is 1. The molecule has 3 aliphatic heterocycles. The number of imidazole rings is 1. The van der Waals surface area contributed by atoms with E-state index in [0.29, 0.717) is 73.6 Å². The van der Waals surface area contributed by atoms with Crippen molar-refractivity contribution in [1.29, 1.82) is 0 Å². The fourth-order valence-corrected chi connectivity index (χ4v) is 7.92. The molecule has 0 radical (unpaired) electrons. The number of aromatic nitrogens is 3. The van der Waals surface area contributed by atoms with Gasteiger partial charge in [0, 0.05) is 79.9 Å². The zero-order valence-corrected chi connectivity index (χ0v) is 34.0. The van der Waals surface area contributed by atoms with Gasteiger partial charge in [0.15, 0.2) is 0 Å². The Hall–Kier alpha value is -6.82. The van der Waals surface area contributed by atoms with Crippen LogP contribution in [0.15, 0.2) is 65.6 Å². The van der Waals surface area contributed by atoms with Gasteiger partial charge in [0.1, 0.15) is 18.4 Å². The number of benzene rings is 3. The molecule has 310 valence electrons. The van der Waals surface area contributed by atoms with Crippen LogP contribution in [0, 0.1) is 18.8 Å². The highest BCUT2D eigenvalue weighted by atomic mass is 19.3. The maximum absolute atomic E-state index is 14.2. The lowest BCUT2D eigenvalue weighted by atomic mass is 9.97. The van der Waals surface area contributed by atoms with Crippen LogP contribution in [0.1, 0.15) is 83.8 Å². The van der Waals surface area contributed by atoms with E-state index in [0.717, 1.165) is 39.1 Å². The molecule has 2 aromatic heterocycles. The monoisotopic (exact) mass is 817 g/mol. The lowest BCUT2D eigenvalue weighted by Gasteiger charge is -2.33. The van der Waals surface area contributed by atoms with Crippen molar-refractivity contribution in [2.24, 2.45) is 14.1 Å². The van der Waals surface area contributed by atoms with Crippen molar-refractivity contribution < 1.29 is 32.7 Å². The number of pyridine rings is 1. The number of nitrogens with one attached hydrogen (secondary N) is 2. The Bertz CT molecular complexity index is 2640. The van der Waals surface area contributed by atoms with Gasteiger partial charge in [-0.15, -0.1) is 0 Å². The van der Waals surface area contributed by atoms with Crippen LogP contribution in [-0.2, 0) is 35.0 Å². The third-order valence-corrected chi connectivity index (χ3v) is 11.0. The Kier molecular flexibility index (Phi) is 11.8. The smallest absolute Gasteiger partial charge is 0.328 e. The Morgan fingerprint density at radius 2 is 1.82 bits per heavy atom. The van der Waals surface area contributed by atoms with Gasteiger partial charge in [-0.05, 0) is 78.4 Å². The molecule has 5 aromatic rings. The maximum atomic E-state index is 14.2. The van der Waals surface area contributed by atoms with Gasteiger partial charge in [-0.3, -0.25) is 38.6 Å². The third kappa shape index (κ3) is 7.97. The van der Waals surface area contributed by atoms with E-state index in [4.69, 9.17) is 4.74 Å². The highest BCUT2D eigenvalue weighted by molar-refractivity contribution is 6.05. The SMILES string of the molecule is Cc1ccc(-c2cc3c(cc2C(F)F)N(c2cc(C(C)C)c4c(c2)n(C)c(=O)n4C)CCO3)cn1.O=CNCCC#Cc1cccc2c1CN(C1CCC(=O)NC1=O)C2=O. The van der Waals surface area contributed by atoms with Crippen LogP contribution < -0.4 is 26.0 Å². The molecule has 13 nitrogen and oxygen atoms in total. The second-order valence-electron chi connectivity index (χ2n) is 15.2. The number of nitrogens with zero attached hydrogens (tertiary/aromatic N) is 5. The predicted molar refractivity (Wildman–Crippen MR) is 222 cm³/mol. The molecule has 1 unspecified atom stereocenters. The molecule has 3 aliphatic rings. The molecular weight excluding hydrogens is 773 g/mol. The van der Waals surface area contributed by atoms with Crippen molar-refractivity contribution >= 4 is 46.5 Å². The second-order valence-corrected chi connectivity index (χ2v) is 15.2. The van der Waals surface area contributed by atoms with E-state index in [1.54, 1.807) is 53.7 Å². The molecule has 8 rings (SSSR count). The Morgan fingerprint density at radius 3 is 2.52 bits per heavy atom. The minimum absolute atomic E-state index is 0.0674. The largest absolute Gasteiger partial charge is 0.490 e. The molecule has 1 saturated heterocycles. The zero-order valence-electron chi connectivity index (χ0n) is 34.0. The van der Waals surface area contributed by atoms with Crippen molar-refractivity contribution in [3.05, 3.63) is 105 Å².